The Kier molecular flexibility index (Phi) is 5.29. The summed E-state index contributed by atoms with van der Waals surface area (Å²) in [6.45, 7) is -0.437. The Balaban J connectivity index is 1.70. The molecule has 0 saturated heterocycles. The number of anilines is 2. The molecule has 0 unspecified atom stereocenters. The maximum absolute atomic E-state index is 12.8. The third kappa shape index (κ3) is 5.19. The number of esters is 1. The lowest BCUT2D eigenvalue weighted by molar-refractivity contribution is -0.137. The van der Waals surface area contributed by atoms with Gasteiger partial charge in [0.25, 0.3) is 5.91 Å². The van der Waals surface area contributed by atoms with Crippen LogP contribution in [0.5, 0.6) is 0 Å². The average molecular weight is 379 g/mol. The summed E-state index contributed by atoms with van der Waals surface area (Å²) < 4.78 is 43.5. The first-order valence-corrected chi connectivity index (χ1v) is 8.19. The predicted octanol–water partition coefficient (Wildman–Crippen LogP) is 3.28. The molecule has 9 heteroatoms. The maximum atomic E-state index is 12.8. The van der Waals surface area contributed by atoms with Gasteiger partial charge in [-0.15, -0.1) is 0 Å². The molecule has 142 valence electrons. The largest absolute Gasteiger partial charge is 0.452 e. The zero-order valence-corrected chi connectivity index (χ0v) is 14.0. The highest BCUT2D eigenvalue weighted by atomic mass is 19.4. The average Bonchev–Trinajstić information content (AvgIpc) is 3.43. The molecule has 0 bridgehead atoms. The van der Waals surface area contributed by atoms with Crippen molar-refractivity contribution in [2.24, 2.45) is 0 Å². The molecule has 1 saturated carbocycles. The summed E-state index contributed by atoms with van der Waals surface area (Å²) in [7, 11) is 0. The minimum absolute atomic E-state index is 0.00846. The van der Waals surface area contributed by atoms with E-state index in [0.717, 1.165) is 25.0 Å². The number of hydrogen-bond donors (Lipinski definition) is 2. The van der Waals surface area contributed by atoms with Crippen LogP contribution in [0.3, 0.4) is 0 Å². The number of rotatable bonds is 6. The summed E-state index contributed by atoms with van der Waals surface area (Å²) in [5.41, 5.74) is -0.706. The van der Waals surface area contributed by atoms with E-state index in [0.29, 0.717) is 0 Å². The summed E-state index contributed by atoms with van der Waals surface area (Å²) in [6.07, 6.45) is -1.29. The molecule has 2 N–H and O–H groups in total. The molecule has 1 fully saturated rings. The number of pyridine rings is 1. The summed E-state index contributed by atoms with van der Waals surface area (Å²) in [5, 5.41) is 5.36. The Morgan fingerprint density at radius 2 is 1.96 bits per heavy atom. The third-order valence-electron chi connectivity index (χ3n) is 3.76. The first-order valence-electron chi connectivity index (χ1n) is 8.19. The van der Waals surface area contributed by atoms with Gasteiger partial charge in [-0.05, 0) is 43.2 Å². The Morgan fingerprint density at radius 3 is 2.67 bits per heavy atom. The number of aromatic nitrogens is 1. The zero-order valence-electron chi connectivity index (χ0n) is 14.0. The summed E-state index contributed by atoms with van der Waals surface area (Å²) in [6, 6.07) is 7.55. The number of hydrogen-bond acceptors (Lipinski definition) is 5. The number of ether oxygens (including phenoxy) is 1. The quantitative estimate of drug-likeness (QED) is 0.753. The summed E-state index contributed by atoms with van der Waals surface area (Å²) in [4.78, 5) is 27.8. The number of nitrogens with zero attached hydrogens (tertiary/aromatic N) is 1. The smallest absolute Gasteiger partial charge is 0.416 e. The molecule has 1 aliphatic carbocycles. The van der Waals surface area contributed by atoms with E-state index in [1.165, 1.54) is 30.5 Å². The molecule has 0 radical (unpaired) electrons. The van der Waals surface area contributed by atoms with E-state index in [1.54, 1.807) is 0 Å². The molecule has 1 aliphatic rings. The van der Waals surface area contributed by atoms with Gasteiger partial charge in [0, 0.05) is 17.9 Å². The van der Waals surface area contributed by atoms with E-state index < -0.39 is 30.2 Å². The second-order valence-electron chi connectivity index (χ2n) is 6.02. The van der Waals surface area contributed by atoms with Crippen molar-refractivity contribution in [3.8, 4) is 0 Å². The van der Waals surface area contributed by atoms with Crippen molar-refractivity contribution < 1.29 is 27.5 Å². The fourth-order valence-electron chi connectivity index (χ4n) is 2.29. The number of amides is 1. The highest BCUT2D eigenvalue weighted by Gasteiger charge is 2.30. The van der Waals surface area contributed by atoms with Gasteiger partial charge in [0.2, 0.25) is 0 Å². The van der Waals surface area contributed by atoms with Gasteiger partial charge in [0.05, 0.1) is 5.56 Å². The molecule has 27 heavy (non-hydrogen) atoms. The van der Waals surface area contributed by atoms with Gasteiger partial charge in [-0.3, -0.25) is 4.79 Å². The van der Waals surface area contributed by atoms with Crippen LogP contribution in [0.1, 0.15) is 28.8 Å². The molecule has 1 amide bonds. The van der Waals surface area contributed by atoms with Gasteiger partial charge >= 0.3 is 12.1 Å². The lowest BCUT2D eigenvalue weighted by Gasteiger charge is -2.12. The summed E-state index contributed by atoms with van der Waals surface area (Å²) >= 11 is 0. The molecule has 6 nitrogen and oxygen atoms in total. The van der Waals surface area contributed by atoms with E-state index >= 15 is 0 Å². The van der Waals surface area contributed by atoms with Crippen LogP contribution in [0, 0.1) is 0 Å². The van der Waals surface area contributed by atoms with Crippen LogP contribution in [0.25, 0.3) is 0 Å². The number of benzene rings is 1. The molecule has 0 atom stereocenters. The third-order valence-corrected chi connectivity index (χ3v) is 3.76. The Hall–Kier alpha value is -3.10. The van der Waals surface area contributed by atoms with E-state index in [9.17, 15) is 22.8 Å². The van der Waals surface area contributed by atoms with Crippen molar-refractivity contribution in [2.45, 2.75) is 25.1 Å². The number of carbonyl (C=O) groups excluding carboxylic acids is 2. The lowest BCUT2D eigenvalue weighted by Crippen LogP contribution is -2.30. The van der Waals surface area contributed by atoms with Gasteiger partial charge in [0.1, 0.15) is 11.4 Å². The normalized spacial score (nSPS) is 13.7. The highest BCUT2D eigenvalue weighted by molar-refractivity contribution is 5.96. The van der Waals surface area contributed by atoms with E-state index in [2.05, 4.69) is 15.6 Å². The van der Waals surface area contributed by atoms with E-state index in [-0.39, 0.29) is 23.1 Å². The minimum atomic E-state index is -4.49. The van der Waals surface area contributed by atoms with Gasteiger partial charge in [0.15, 0.2) is 6.61 Å². The lowest BCUT2D eigenvalue weighted by atomic mass is 10.2. The van der Waals surface area contributed by atoms with E-state index in [1.807, 2.05) is 0 Å². The van der Waals surface area contributed by atoms with Crippen LogP contribution >= 0.6 is 0 Å². The number of halogens is 3. The van der Waals surface area contributed by atoms with Gasteiger partial charge in [-0.25, -0.2) is 9.78 Å². The van der Waals surface area contributed by atoms with Crippen LogP contribution in [-0.2, 0) is 15.7 Å². The second kappa shape index (κ2) is 7.65. The van der Waals surface area contributed by atoms with Gasteiger partial charge in [-0.2, -0.15) is 13.2 Å². The second-order valence-corrected chi connectivity index (χ2v) is 6.02. The highest BCUT2D eigenvalue weighted by Crippen LogP contribution is 2.31. The monoisotopic (exact) mass is 379 g/mol. The fourth-order valence-corrected chi connectivity index (χ4v) is 2.29. The van der Waals surface area contributed by atoms with Crippen molar-refractivity contribution in [1.82, 2.24) is 10.3 Å². The molecule has 0 aliphatic heterocycles. The standard InChI is InChI=1S/C18H16F3N3O3/c19-18(20,21)11-3-1-4-13(9-11)24-16-14(5-2-8-22-16)17(26)27-10-15(25)23-12-6-7-12/h1-5,8-9,12H,6-7,10H2,(H,22,24)(H,23,25). The van der Waals surface area contributed by atoms with Gasteiger partial charge < -0.3 is 15.4 Å². The molecule has 2 aromatic rings. The first kappa shape index (κ1) is 18.7. The number of nitrogens with one attached hydrogen (secondary N) is 2. The SMILES string of the molecule is O=C(COC(=O)c1cccnc1Nc1cccc(C(F)(F)F)c1)NC1CC1. The van der Waals surface area contributed by atoms with Gasteiger partial charge in [-0.1, -0.05) is 6.07 Å². The zero-order chi connectivity index (χ0) is 19.4. The van der Waals surface area contributed by atoms with Crippen molar-refractivity contribution in [3.63, 3.8) is 0 Å². The molecular weight excluding hydrogens is 363 g/mol. The van der Waals surface area contributed by atoms with Crippen LogP contribution in [0.2, 0.25) is 0 Å². The molecule has 1 heterocycles. The van der Waals surface area contributed by atoms with E-state index in [4.69, 9.17) is 4.74 Å². The Labute approximate surface area is 152 Å². The number of alkyl halides is 3. The van der Waals surface area contributed by atoms with Crippen LogP contribution in [0.4, 0.5) is 24.7 Å². The van der Waals surface area contributed by atoms with Crippen molar-refractivity contribution in [1.29, 1.82) is 0 Å². The molecule has 1 aromatic heterocycles. The van der Waals surface area contributed by atoms with Crippen LogP contribution in [-0.4, -0.2) is 29.5 Å². The molecule has 1 aromatic carbocycles. The predicted molar refractivity (Wildman–Crippen MR) is 90.4 cm³/mol. The van der Waals surface area contributed by atoms with Crippen molar-refractivity contribution in [3.05, 3.63) is 53.7 Å². The van der Waals surface area contributed by atoms with Crippen LogP contribution in [0.15, 0.2) is 42.6 Å². The van der Waals surface area contributed by atoms with Crippen molar-refractivity contribution in [2.75, 3.05) is 11.9 Å². The first-order chi connectivity index (χ1) is 12.8. The van der Waals surface area contributed by atoms with Crippen LogP contribution < -0.4 is 10.6 Å². The van der Waals surface area contributed by atoms with Crippen molar-refractivity contribution >= 4 is 23.4 Å². The molecule has 0 spiro atoms. The molecule has 3 rings (SSSR count). The summed E-state index contributed by atoms with van der Waals surface area (Å²) in [5.74, 6) is -1.17. The fraction of sp³-hybridized carbons (Fsp3) is 0.278. The minimum Gasteiger partial charge on any atom is -0.452 e. The Bertz CT molecular complexity index is 851. The topological polar surface area (TPSA) is 80.3 Å². The molecular formula is C18H16F3N3O3. The Morgan fingerprint density at radius 1 is 1.19 bits per heavy atom. The maximum Gasteiger partial charge on any atom is 0.416 e. The number of carbonyl (C=O) groups is 2.